The van der Waals surface area contributed by atoms with Gasteiger partial charge in [-0.05, 0) is 25.3 Å². The van der Waals surface area contributed by atoms with Gasteiger partial charge in [-0.1, -0.05) is 24.3 Å². The molecular weight excluding hydrogens is 336 g/mol. The van der Waals surface area contributed by atoms with E-state index in [1.807, 2.05) is 12.3 Å². The minimum absolute atomic E-state index is 0.529. The topological polar surface area (TPSA) is 61.6 Å². The fraction of sp³-hybridized carbons (Fsp3) is 0.167. The summed E-state index contributed by atoms with van der Waals surface area (Å²) in [5.41, 5.74) is 5.11. The van der Waals surface area contributed by atoms with E-state index in [2.05, 4.69) is 40.6 Å². The molecule has 0 fully saturated rings. The average molecular weight is 350 g/mol. The molecule has 1 N–H and O–H groups in total. The summed E-state index contributed by atoms with van der Waals surface area (Å²) in [6.45, 7) is 1.93. The van der Waals surface area contributed by atoms with Gasteiger partial charge in [0, 0.05) is 27.7 Å². The van der Waals surface area contributed by atoms with Crippen LogP contribution in [-0.2, 0) is 12.8 Å². The number of hydrogen-bond donors (Lipinski definition) is 1. The van der Waals surface area contributed by atoms with Crippen molar-refractivity contribution in [2.24, 2.45) is 0 Å². The smallest absolute Gasteiger partial charge is 0.187 e. The number of benzene rings is 1. The molecule has 1 aliphatic rings. The molecule has 2 aromatic heterocycles. The number of anilines is 1. The van der Waals surface area contributed by atoms with Crippen molar-refractivity contribution in [2.75, 3.05) is 5.32 Å². The molecule has 4 rings (SSSR count). The summed E-state index contributed by atoms with van der Waals surface area (Å²) in [5.74, 6) is 0. The third-order valence-electron chi connectivity index (χ3n) is 3.90. The number of allylic oxidation sites excluding steroid dienone is 1. The monoisotopic (exact) mass is 350 g/mol. The number of nitriles is 1. The third kappa shape index (κ3) is 2.73. The van der Waals surface area contributed by atoms with Crippen molar-refractivity contribution in [3.8, 4) is 17.3 Å². The molecule has 24 heavy (non-hydrogen) atoms. The van der Waals surface area contributed by atoms with Crippen molar-refractivity contribution in [3.63, 3.8) is 0 Å². The van der Waals surface area contributed by atoms with Crippen molar-refractivity contribution >= 4 is 33.4 Å². The molecule has 0 spiro atoms. The van der Waals surface area contributed by atoms with E-state index < -0.39 is 0 Å². The van der Waals surface area contributed by atoms with Gasteiger partial charge in [0.15, 0.2) is 5.13 Å². The molecule has 0 amide bonds. The molecule has 118 valence electrons. The summed E-state index contributed by atoms with van der Waals surface area (Å²) in [5, 5.41) is 16.0. The van der Waals surface area contributed by atoms with Crippen molar-refractivity contribution in [1.82, 2.24) is 9.97 Å². The van der Waals surface area contributed by atoms with Crippen LogP contribution in [0.4, 0.5) is 5.13 Å². The van der Waals surface area contributed by atoms with Crippen molar-refractivity contribution in [3.05, 3.63) is 57.0 Å². The van der Waals surface area contributed by atoms with Crippen LogP contribution in [0.25, 0.3) is 16.8 Å². The third-order valence-corrected chi connectivity index (χ3v) is 5.94. The van der Waals surface area contributed by atoms with Crippen LogP contribution in [-0.4, -0.2) is 9.97 Å². The Hall–Kier alpha value is -2.49. The average Bonchev–Trinajstić information content (AvgIpc) is 3.22. The highest BCUT2D eigenvalue weighted by molar-refractivity contribution is 7.16. The highest BCUT2D eigenvalue weighted by Gasteiger charge is 2.20. The summed E-state index contributed by atoms with van der Waals surface area (Å²) >= 11 is 3.14. The molecule has 1 aromatic carbocycles. The van der Waals surface area contributed by atoms with Crippen LogP contribution >= 0.6 is 22.7 Å². The Labute approximate surface area is 148 Å². The zero-order valence-electron chi connectivity index (χ0n) is 13.0. The quantitative estimate of drug-likeness (QED) is 0.699. The Morgan fingerprint density at radius 3 is 2.96 bits per heavy atom. The van der Waals surface area contributed by atoms with Crippen molar-refractivity contribution in [1.29, 1.82) is 5.26 Å². The molecule has 0 bridgehead atoms. The van der Waals surface area contributed by atoms with Gasteiger partial charge in [-0.3, -0.25) is 0 Å². The molecule has 0 unspecified atom stereocenters. The lowest BCUT2D eigenvalue weighted by Gasteiger charge is -2.13. The molecular formula is C18H14N4S2. The largest absolute Gasteiger partial charge is 0.337 e. The van der Waals surface area contributed by atoms with E-state index in [1.165, 1.54) is 27.3 Å². The molecule has 0 saturated carbocycles. The van der Waals surface area contributed by atoms with Gasteiger partial charge in [-0.2, -0.15) is 5.26 Å². The summed E-state index contributed by atoms with van der Waals surface area (Å²) in [7, 11) is 0. The second-order valence-corrected chi connectivity index (χ2v) is 7.50. The van der Waals surface area contributed by atoms with Crippen LogP contribution in [0.3, 0.4) is 0 Å². The number of thiazole rings is 2. The van der Waals surface area contributed by atoms with Crippen LogP contribution in [0, 0.1) is 18.3 Å². The van der Waals surface area contributed by atoms with E-state index in [-0.39, 0.29) is 0 Å². The first kappa shape index (κ1) is 15.1. The molecule has 4 nitrogen and oxygen atoms in total. The molecule has 1 aliphatic carbocycles. The first-order chi connectivity index (χ1) is 11.7. The number of nitrogens with one attached hydrogen (secondary N) is 1. The number of fused-ring (bicyclic) bond motifs is 3. The molecule has 6 heteroatoms. The molecule has 0 saturated heterocycles. The van der Waals surface area contributed by atoms with Crippen LogP contribution in [0.1, 0.15) is 21.1 Å². The fourth-order valence-electron chi connectivity index (χ4n) is 2.76. The summed E-state index contributed by atoms with van der Waals surface area (Å²) < 4.78 is 0. The van der Waals surface area contributed by atoms with Gasteiger partial charge >= 0.3 is 0 Å². The molecule has 0 radical (unpaired) electrons. The zero-order valence-corrected chi connectivity index (χ0v) is 14.7. The predicted molar refractivity (Wildman–Crippen MR) is 99.0 cm³/mol. The van der Waals surface area contributed by atoms with Crippen LogP contribution in [0.5, 0.6) is 0 Å². The lowest BCUT2D eigenvalue weighted by molar-refractivity contribution is 0.955. The Balaban J connectivity index is 1.62. The molecule has 0 atom stereocenters. The maximum Gasteiger partial charge on any atom is 0.187 e. The van der Waals surface area contributed by atoms with Crippen LogP contribution in [0.15, 0.2) is 35.8 Å². The van der Waals surface area contributed by atoms with E-state index in [4.69, 9.17) is 4.98 Å². The minimum atomic E-state index is 0.529. The normalized spacial score (nSPS) is 13.1. The van der Waals surface area contributed by atoms with Gasteiger partial charge in [0.25, 0.3) is 0 Å². The number of rotatable bonds is 3. The van der Waals surface area contributed by atoms with Crippen LogP contribution < -0.4 is 5.32 Å². The lowest BCUT2D eigenvalue weighted by atomic mass is 9.94. The second-order valence-electron chi connectivity index (χ2n) is 5.56. The predicted octanol–water partition coefficient (Wildman–Crippen LogP) is 4.65. The first-order valence-electron chi connectivity index (χ1n) is 7.62. The standard InChI is InChI=1S/C18H14N4S2/c1-11-10-23-17(21-11)13(8-19)9-20-18-22-16-14-5-3-2-4-12(14)6-7-15(16)24-18/h2-5,9-10H,6-7H2,1H3,(H,20,22)/b13-9+. The number of aryl methyl sites for hydroxylation is 3. The Bertz CT molecular complexity index is 975. The maximum absolute atomic E-state index is 9.35. The fourth-order valence-corrected chi connectivity index (χ4v) is 4.47. The summed E-state index contributed by atoms with van der Waals surface area (Å²) in [6.07, 6.45) is 3.78. The van der Waals surface area contributed by atoms with E-state index >= 15 is 0 Å². The molecule has 0 aliphatic heterocycles. The van der Waals surface area contributed by atoms with Gasteiger partial charge in [0.1, 0.15) is 16.6 Å². The van der Waals surface area contributed by atoms with Gasteiger partial charge in [-0.15, -0.1) is 22.7 Å². The van der Waals surface area contributed by atoms with Gasteiger partial charge in [0.2, 0.25) is 0 Å². The summed E-state index contributed by atoms with van der Waals surface area (Å²) in [4.78, 5) is 10.4. The maximum atomic E-state index is 9.35. The van der Waals surface area contributed by atoms with E-state index in [0.29, 0.717) is 5.57 Å². The highest BCUT2D eigenvalue weighted by Crippen LogP contribution is 2.38. The highest BCUT2D eigenvalue weighted by atomic mass is 32.1. The second kappa shape index (κ2) is 6.19. The Morgan fingerprint density at radius 2 is 2.17 bits per heavy atom. The molecule has 2 heterocycles. The lowest BCUT2D eigenvalue weighted by Crippen LogP contribution is -2.01. The van der Waals surface area contributed by atoms with E-state index in [1.54, 1.807) is 17.5 Å². The van der Waals surface area contributed by atoms with Gasteiger partial charge in [0.05, 0.1) is 5.69 Å². The van der Waals surface area contributed by atoms with Gasteiger partial charge < -0.3 is 5.32 Å². The number of nitrogens with zero attached hydrogens (tertiary/aromatic N) is 3. The summed E-state index contributed by atoms with van der Waals surface area (Å²) in [6, 6.07) is 10.6. The Morgan fingerprint density at radius 1 is 1.29 bits per heavy atom. The SMILES string of the molecule is Cc1csc(/C(C#N)=C/Nc2nc3c(s2)CCc2ccccc2-3)n1. The van der Waals surface area contributed by atoms with Crippen LogP contribution in [0.2, 0.25) is 0 Å². The number of aromatic nitrogens is 2. The van der Waals surface area contributed by atoms with Crippen molar-refractivity contribution < 1.29 is 0 Å². The van der Waals surface area contributed by atoms with E-state index in [0.717, 1.165) is 34.4 Å². The number of hydrogen-bond acceptors (Lipinski definition) is 6. The van der Waals surface area contributed by atoms with Gasteiger partial charge in [-0.25, -0.2) is 9.97 Å². The molecule has 3 aromatic rings. The first-order valence-corrected chi connectivity index (χ1v) is 9.31. The minimum Gasteiger partial charge on any atom is -0.337 e. The Kier molecular flexibility index (Phi) is 3.89. The van der Waals surface area contributed by atoms with Crippen molar-refractivity contribution in [2.45, 2.75) is 19.8 Å². The zero-order chi connectivity index (χ0) is 16.5. The van der Waals surface area contributed by atoms with E-state index in [9.17, 15) is 5.26 Å².